The number of carboxylic acids is 1. The fraction of sp³-hybridized carbons (Fsp3) is 0.462. The Morgan fingerprint density at radius 3 is 2.68 bits per heavy atom. The minimum absolute atomic E-state index is 0.00223. The minimum atomic E-state index is -1.07. The van der Waals surface area contributed by atoms with E-state index in [1.54, 1.807) is 4.68 Å². The summed E-state index contributed by atoms with van der Waals surface area (Å²) in [4.78, 5) is 23.7. The van der Waals surface area contributed by atoms with Crippen molar-refractivity contribution in [3.63, 3.8) is 0 Å². The molecule has 0 saturated heterocycles. The highest BCUT2D eigenvalue weighted by Gasteiger charge is 2.16. The van der Waals surface area contributed by atoms with Gasteiger partial charge in [0.1, 0.15) is 6.54 Å². The molecule has 102 valence electrons. The minimum Gasteiger partial charge on any atom is -0.480 e. The van der Waals surface area contributed by atoms with E-state index in [-0.39, 0.29) is 25.4 Å². The summed E-state index contributed by atoms with van der Waals surface area (Å²) in [5.41, 5.74) is 1.85. The average Bonchev–Trinajstić information content (AvgIpc) is 2.63. The van der Waals surface area contributed by atoms with E-state index >= 15 is 0 Å². The van der Waals surface area contributed by atoms with Gasteiger partial charge in [0.25, 0.3) is 0 Å². The second-order valence-electron chi connectivity index (χ2n) is 4.25. The van der Waals surface area contributed by atoms with Crippen LogP contribution >= 0.6 is 0 Å². The number of terminal acetylenes is 1. The van der Waals surface area contributed by atoms with Gasteiger partial charge in [-0.15, -0.1) is 6.42 Å². The first-order valence-electron chi connectivity index (χ1n) is 5.88. The predicted molar refractivity (Wildman–Crippen MR) is 69.4 cm³/mol. The van der Waals surface area contributed by atoms with Gasteiger partial charge in [-0.3, -0.25) is 14.3 Å². The molecule has 6 nitrogen and oxygen atoms in total. The molecular weight excluding hydrogens is 246 g/mol. The van der Waals surface area contributed by atoms with Crippen LogP contribution in [0.4, 0.5) is 0 Å². The molecule has 1 rings (SSSR count). The van der Waals surface area contributed by atoms with Gasteiger partial charge < -0.3 is 10.0 Å². The molecule has 0 aromatic carbocycles. The number of hydrogen-bond donors (Lipinski definition) is 1. The lowest BCUT2D eigenvalue weighted by Crippen LogP contribution is -2.36. The number of aryl methyl sites for hydroxylation is 3. The molecule has 0 radical (unpaired) electrons. The Bertz CT molecular complexity index is 514. The molecule has 0 unspecified atom stereocenters. The van der Waals surface area contributed by atoms with E-state index in [0.717, 1.165) is 16.3 Å². The van der Waals surface area contributed by atoms with Gasteiger partial charge in [-0.05, 0) is 19.9 Å². The highest BCUT2D eigenvalue weighted by atomic mass is 16.4. The van der Waals surface area contributed by atoms with Crippen LogP contribution < -0.4 is 0 Å². The molecule has 0 aliphatic rings. The Balaban J connectivity index is 2.59. The highest BCUT2D eigenvalue weighted by Crippen LogP contribution is 2.04. The topological polar surface area (TPSA) is 75.4 Å². The Morgan fingerprint density at radius 1 is 1.53 bits per heavy atom. The van der Waals surface area contributed by atoms with E-state index in [1.165, 1.54) is 0 Å². The Hall–Kier alpha value is -2.29. The molecule has 19 heavy (non-hydrogen) atoms. The summed E-state index contributed by atoms with van der Waals surface area (Å²) in [7, 11) is 0. The Morgan fingerprint density at radius 2 is 2.21 bits per heavy atom. The number of carbonyl (C=O) groups is 2. The summed E-state index contributed by atoms with van der Waals surface area (Å²) in [6.07, 6.45) is 5.30. The fourth-order valence-electron chi connectivity index (χ4n) is 1.77. The fourth-order valence-corrected chi connectivity index (χ4v) is 1.77. The van der Waals surface area contributed by atoms with E-state index in [1.807, 2.05) is 19.9 Å². The summed E-state index contributed by atoms with van der Waals surface area (Å²) in [5.74, 6) is 0.928. The lowest BCUT2D eigenvalue weighted by molar-refractivity contribution is -0.144. The Kier molecular flexibility index (Phi) is 5.12. The largest absolute Gasteiger partial charge is 0.480 e. The molecule has 1 aromatic heterocycles. The van der Waals surface area contributed by atoms with Crippen molar-refractivity contribution in [2.24, 2.45) is 0 Å². The van der Waals surface area contributed by atoms with Crippen molar-refractivity contribution in [2.45, 2.75) is 26.8 Å². The van der Waals surface area contributed by atoms with E-state index in [2.05, 4.69) is 11.0 Å². The molecule has 0 saturated carbocycles. The van der Waals surface area contributed by atoms with Crippen molar-refractivity contribution in [1.82, 2.24) is 14.7 Å². The van der Waals surface area contributed by atoms with Crippen molar-refractivity contribution in [3.8, 4) is 12.3 Å². The molecule has 0 aliphatic carbocycles. The summed E-state index contributed by atoms with van der Waals surface area (Å²) >= 11 is 0. The summed E-state index contributed by atoms with van der Waals surface area (Å²) in [5, 5.41) is 12.9. The number of hydrogen-bond acceptors (Lipinski definition) is 3. The first-order chi connectivity index (χ1) is 8.93. The second-order valence-corrected chi connectivity index (χ2v) is 4.25. The third-order valence-electron chi connectivity index (χ3n) is 2.60. The first kappa shape index (κ1) is 14.8. The zero-order valence-corrected chi connectivity index (χ0v) is 11.1. The molecule has 6 heteroatoms. The maximum Gasteiger partial charge on any atom is 0.323 e. The molecule has 1 heterocycles. The molecule has 0 fully saturated rings. The number of amides is 1. The van der Waals surface area contributed by atoms with Gasteiger partial charge in [-0.1, -0.05) is 5.92 Å². The number of aromatic nitrogens is 2. The van der Waals surface area contributed by atoms with E-state index in [9.17, 15) is 9.59 Å². The summed E-state index contributed by atoms with van der Waals surface area (Å²) in [6.45, 7) is 3.82. The quantitative estimate of drug-likeness (QED) is 0.755. The molecule has 0 atom stereocenters. The Labute approximate surface area is 112 Å². The van der Waals surface area contributed by atoms with Gasteiger partial charge in [0.05, 0.1) is 12.2 Å². The lowest BCUT2D eigenvalue weighted by Gasteiger charge is -2.17. The molecule has 1 aromatic rings. The van der Waals surface area contributed by atoms with Crippen molar-refractivity contribution in [1.29, 1.82) is 0 Å². The maximum atomic E-state index is 11.9. The molecule has 0 spiro atoms. The first-order valence-corrected chi connectivity index (χ1v) is 5.88. The maximum absolute atomic E-state index is 11.9. The number of carboxylic acid groups (broad SMARTS) is 1. The van der Waals surface area contributed by atoms with Crippen LogP contribution in [0.15, 0.2) is 6.07 Å². The second kappa shape index (κ2) is 6.59. The molecule has 1 amide bonds. The lowest BCUT2D eigenvalue weighted by atomic mass is 10.3. The van der Waals surface area contributed by atoms with Crippen molar-refractivity contribution in [3.05, 3.63) is 17.5 Å². The van der Waals surface area contributed by atoms with Crippen LogP contribution in [0.5, 0.6) is 0 Å². The average molecular weight is 263 g/mol. The van der Waals surface area contributed by atoms with Crippen molar-refractivity contribution >= 4 is 11.9 Å². The number of carbonyl (C=O) groups excluding carboxylic acids is 1. The normalized spacial score (nSPS) is 9.95. The van der Waals surface area contributed by atoms with Crippen LogP contribution in [0.3, 0.4) is 0 Å². The van der Waals surface area contributed by atoms with E-state index in [0.29, 0.717) is 6.54 Å². The van der Waals surface area contributed by atoms with Crippen molar-refractivity contribution in [2.75, 3.05) is 13.1 Å². The zero-order chi connectivity index (χ0) is 14.4. The standard InChI is InChI=1S/C13H17N3O3/c1-4-6-15(9-13(18)19)12(17)5-7-16-11(3)8-10(2)14-16/h1,8H,5-7,9H2,2-3H3,(H,18,19). The van der Waals surface area contributed by atoms with Gasteiger partial charge in [0.15, 0.2) is 0 Å². The highest BCUT2D eigenvalue weighted by molar-refractivity contribution is 5.81. The van der Waals surface area contributed by atoms with E-state index in [4.69, 9.17) is 11.5 Å². The van der Waals surface area contributed by atoms with Crippen LogP contribution in [0, 0.1) is 26.2 Å². The predicted octanol–water partition coefficient (Wildman–Crippen LogP) is 0.436. The van der Waals surface area contributed by atoms with Crippen molar-refractivity contribution < 1.29 is 14.7 Å². The number of nitrogens with zero attached hydrogens (tertiary/aromatic N) is 3. The zero-order valence-electron chi connectivity index (χ0n) is 11.1. The monoisotopic (exact) mass is 263 g/mol. The van der Waals surface area contributed by atoms with Gasteiger partial charge in [-0.25, -0.2) is 0 Å². The number of aliphatic carboxylic acids is 1. The van der Waals surface area contributed by atoms with E-state index < -0.39 is 5.97 Å². The molecule has 0 aliphatic heterocycles. The SMILES string of the molecule is C#CCN(CC(=O)O)C(=O)CCn1nc(C)cc1C. The van der Waals surface area contributed by atoms with Gasteiger partial charge in [0, 0.05) is 18.7 Å². The number of rotatable bonds is 6. The molecule has 1 N–H and O–H groups in total. The van der Waals surface area contributed by atoms with Crippen LogP contribution in [-0.2, 0) is 16.1 Å². The summed E-state index contributed by atoms with van der Waals surface area (Å²) in [6, 6.07) is 1.92. The smallest absolute Gasteiger partial charge is 0.323 e. The summed E-state index contributed by atoms with van der Waals surface area (Å²) < 4.78 is 1.72. The van der Waals surface area contributed by atoms with Gasteiger partial charge in [-0.2, -0.15) is 5.10 Å². The van der Waals surface area contributed by atoms with Crippen LogP contribution in [0.2, 0.25) is 0 Å². The van der Waals surface area contributed by atoms with Crippen LogP contribution in [-0.4, -0.2) is 44.8 Å². The molecular formula is C13H17N3O3. The third-order valence-corrected chi connectivity index (χ3v) is 2.60. The van der Waals surface area contributed by atoms with Crippen LogP contribution in [0.25, 0.3) is 0 Å². The van der Waals surface area contributed by atoms with Crippen LogP contribution in [0.1, 0.15) is 17.8 Å². The third kappa shape index (κ3) is 4.47. The van der Waals surface area contributed by atoms with Gasteiger partial charge >= 0.3 is 5.97 Å². The van der Waals surface area contributed by atoms with Gasteiger partial charge in [0.2, 0.25) is 5.91 Å². The molecule has 0 bridgehead atoms.